The first-order valence-electron chi connectivity index (χ1n) is 3.59. The number of hydrazone groups is 1. The second-order valence-corrected chi connectivity index (χ2v) is 2.09. The molecule has 0 saturated carbocycles. The summed E-state index contributed by atoms with van der Waals surface area (Å²) in [6.45, 7) is 6.11. The highest BCUT2D eigenvalue weighted by atomic mass is 15.6. The van der Waals surface area contributed by atoms with Gasteiger partial charge < -0.3 is 0 Å². The van der Waals surface area contributed by atoms with E-state index in [2.05, 4.69) is 24.5 Å². The van der Waals surface area contributed by atoms with Crippen molar-refractivity contribution in [1.29, 1.82) is 0 Å². The second-order valence-electron chi connectivity index (χ2n) is 2.09. The summed E-state index contributed by atoms with van der Waals surface area (Å²) in [5.41, 5.74) is 2.70. The maximum Gasteiger partial charge on any atom is 0.0227 e. The highest BCUT2D eigenvalue weighted by Gasteiger charge is 1.73. The van der Waals surface area contributed by atoms with Gasteiger partial charge in [0, 0.05) is 20.3 Å². The molecule has 0 unspecified atom stereocenters. The van der Waals surface area contributed by atoms with Crippen molar-refractivity contribution in [3.63, 3.8) is 0 Å². The van der Waals surface area contributed by atoms with Crippen molar-refractivity contribution < 1.29 is 0 Å². The lowest BCUT2D eigenvalue weighted by molar-refractivity contribution is 0.299. The maximum absolute atomic E-state index is 3.72. The van der Waals surface area contributed by atoms with E-state index < -0.39 is 0 Å². The Morgan fingerprint density at radius 2 is 1.80 bits per heavy atom. The normalized spacial score (nSPS) is 9.40. The maximum atomic E-state index is 3.72. The average Bonchev–Trinajstić information content (AvgIpc) is 1.85. The van der Waals surface area contributed by atoms with Crippen LogP contribution in [0.25, 0.3) is 0 Å². The fourth-order valence-corrected chi connectivity index (χ4v) is 0.173. The average molecular weight is 145 g/mol. The number of hydrazine groups is 1. The lowest BCUT2D eigenvalue weighted by atomic mass is 10.6. The van der Waals surface area contributed by atoms with Gasteiger partial charge in [-0.2, -0.15) is 5.10 Å². The molecule has 0 aliphatic carbocycles. The highest BCUT2D eigenvalue weighted by molar-refractivity contribution is 5.52. The number of nitrogens with zero attached hydrogens (tertiary/aromatic N) is 2. The van der Waals surface area contributed by atoms with E-state index in [9.17, 15) is 0 Å². The standard InChI is InChI=1S/C4H11N3.C3H8/c1-4-5-6-7(2)3;1-3-2/h4,6H,1-3H3;3H2,1-2H3/b5-4-;. The molecule has 0 aliphatic heterocycles. The van der Waals surface area contributed by atoms with Crippen LogP contribution < -0.4 is 5.53 Å². The van der Waals surface area contributed by atoms with Crippen LogP contribution in [-0.4, -0.2) is 25.3 Å². The van der Waals surface area contributed by atoms with Gasteiger partial charge in [0.1, 0.15) is 0 Å². The van der Waals surface area contributed by atoms with Crippen molar-refractivity contribution in [1.82, 2.24) is 10.5 Å². The quantitative estimate of drug-likeness (QED) is 0.471. The first-order chi connectivity index (χ1) is 4.68. The minimum Gasteiger partial charge on any atom is -0.241 e. The Morgan fingerprint density at radius 3 is 1.90 bits per heavy atom. The van der Waals surface area contributed by atoms with Gasteiger partial charge in [0.15, 0.2) is 0 Å². The summed E-state index contributed by atoms with van der Waals surface area (Å²) in [5.74, 6) is 0. The van der Waals surface area contributed by atoms with Crippen LogP contribution in [-0.2, 0) is 0 Å². The Labute approximate surface area is 64.1 Å². The van der Waals surface area contributed by atoms with Crippen molar-refractivity contribution in [2.75, 3.05) is 14.1 Å². The summed E-state index contributed by atoms with van der Waals surface area (Å²) >= 11 is 0. The zero-order valence-electron chi connectivity index (χ0n) is 7.68. The highest BCUT2D eigenvalue weighted by Crippen LogP contribution is 1.59. The number of nitrogens with one attached hydrogen (secondary N) is 1. The van der Waals surface area contributed by atoms with Crippen LogP contribution in [0.15, 0.2) is 5.10 Å². The fourth-order valence-electron chi connectivity index (χ4n) is 0.173. The van der Waals surface area contributed by atoms with Crippen LogP contribution in [0.1, 0.15) is 27.2 Å². The molecule has 1 N–H and O–H groups in total. The first-order valence-corrected chi connectivity index (χ1v) is 3.59. The summed E-state index contributed by atoms with van der Waals surface area (Å²) in [7, 11) is 3.76. The SMILES string of the molecule is C/C=N\NN(C)C.CCC. The number of rotatable bonds is 2. The zero-order valence-corrected chi connectivity index (χ0v) is 7.68. The van der Waals surface area contributed by atoms with Crippen LogP contribution in [0.2, 0.25) is 0 Å². The molecule has 3 nitrogen and oxygen atoms in total. The van der Waals surface area contributed by atoms with E-state index in [1.54, 1.807) is 11.2 Å². The van der Waals surface area contributed by atoms with E-state index in [4.69, 9.17) is 0 Å². The molecular formula is C7H19N3. The molecule has 0 fully saturated rings. The predicted molar refractivity (Wildman–Crippen MR) is 47.0 cm³/mol. The van der Waals surface area contributed by atoms with E-state index in [-0.39, 0.29) is 0 Å². The van der Waals surface area contributed by atoms with E-state index in [0.29, 0.717) is 0 Å². The minimum atomic E-state index is 1.25. The lowest BCUT2D eigenvalue weighted by Crippen LogP contribution is -2.24. The molecule has 0 spiro atoms. The van der Waals surface area contributed by atoms with Gasteiger partial charge in [0.25, 0.3) is 0 Å². The Bertz CT molecular complexity index is 69.3. The van der Waals surface area contributed by atoms with Crippen LogP contribution in [0.4, 0.5) is 0 Å². The number of hydrogen-bond donors (Lipinski definition) is 1. The predicted octanol–water partition coefficient (Wildman–Crippen LogP) is 1.47. The molecule has 0 aromatic rings. The molecule has 0 radical (unpaired) electrons. The van der Waals surface area contributed by atoms with Gasteiger partial charge in [-0.05, 0) is 6.92 Å². The molecule has 62 valence electrons. The number of hydrogen-bond acceptors (Lipinski definition) is 3. The van der Waals surface area contributed by atoms with Crippen LogP contribution in [0.5, 0.6) is 0 Å². The second kappa shape index (κ2) is 11.3. The zero-order chi connectivity index (χ0) is 8.41. The van der Waals surface area contributed by atoms with Crippen molar-refractivity contribution in [2.45, 2.75) is 27.2 Å². The van der Waals surface area contributed by atoms with Gasteiger partial charge in [-0.25, -0.2) is 10.5 Å². The molecule has 0 bridgehead atoms. The van der Waals surface area contributed by atoms with E-state index in [1.165, 1.54) is 6.42 Å². The summed E-state index contributed by atoms with van der Waals surface area (Å²) in [6, 6.07) is 0. The van der Waals surface area contributed by atoms with Crippen molar-refractivity contribution >= 4 is 6.21 Å². The smallest absolute Gasteiger partial charge is 0.0227 e. The Morgan fingerprint density at radius 1 is 1.40 bits per heavy atom. The Kier molecular flexibility index (Phi) is 13.7. The van der Waals surface area contributed by atoms with Crippen LogP contribution in [0, 0.1) is 0 Å². The Balaban J connectivity index is 0. The largest absolute Gasteiger partial charge is 0.241 e. The Hall–Kier alpha value is -0.570. The summed E-state index contributed by atoms with van der Waals surface area (Å²) in [4.78, 5) is 0. The minimum absolute atomic E-state index is 1.25. The van der Waals surface area contributed by atoms with Crippen LogP contribution >= 0.6 is 0 Å². The fraction of sp³-hybridized carbons (Fsp3) is 0.857. The molecule has 0 amide bonds. The third kappa shape index (κ3) is 26.1. The molecular weight excluding hydrogens is 126 g/mol. The molecule has 0 saturated heterocycles. The van der Waals surface area contributed by atoms with E-state index in [0.717, 1.165) is 0 Å². The molecule has 0 rings (SSSR count). The van der Waals surface area contributed by atoms with Gasteiger partial charge in [-0.15, -0.1) is 0 Å². The third-order valence-electron chi connectivity index (χ3n) is 0.387. The third-order valence-corrected chi connectivity index (χ3v) is 0.387. The van der Waals surface area contributed by atoms with Crippen molar-refractivity contribution in [3.05, 3.63) is 0 Å². The molecule has 10 heavy (non-hydrogen) atoms. The molecule has 0 heterocycles. The van der Waals surface area contributed by atoms with Crippen molar-refractivity contribution in [3.8, 4) is 0 Å². The summed E-state index contributed by atoms with van der Waals surface area (Å²) < 4.78 is 0. The van der Waals surface area contributed by atoms with Crippen molar-refractivity contribution in [2.24, 2.45) is 5.10 Å². The summed E-state index contributed by atoms with van der Waals surface area (Å²) in [5, 5.41) is 5.49. The molecule has 0 aromatic heterocycles. The molecule has 0 aromatic carbocycles. The molecule has 0 atom stereocenters. The van der Waals surface area contributed by atoms with Crippen LogP contribution in [0.3, 0.4) is 0 Å². The van der Waals surface area contributed by atoms with Gasteiger partial charge in [0.2, 0.25) is 0 Å². The monoisotopic (exact) mass is 145 g/mol. The topological polar surface area (TPSA) is 27.6 Å². The van der Waals surface area contributed by atoms with Gasteiger partial charge in [-0.3, -0.25) is 0 Å². The molecule has 0 aliphatic rings. The van der Waals surface area contributed by atoms with Gasteiger partial charge >= 0.3 is 0 Å². The van der Waals surface area contributed by atoms with Gasteiger partial charge in [0.05, 0.1) is 0 Å². The van der Waals surface area contributed by atoms with Gasteiger partial charge in [-0.1, -0.05) is 20.3 Å². The van der Waals surface area contributed by atoms with E-state index in [1.807, 2.05) is 21.0 Å². The lowest BCUT2D eigenvalue weighted by Gasteiger charge is -2.05. The first kappa shape index (κ1) is 12.1. The molecule has 3 heteroatoms. The summed E-state index contributed by atoms with van der Waals surface area (Å²) in [6.07, 6.45) is 2.94. The van der Waals surface area contributed by atoms with E-state index >= 15 is 0 Å².